The first kappa shape index (κ1) is 14.6. The molecule has 1 amide bonds. The lowest BCUT2D eigenvalue weighted by atomic mass is 9.96. The molecule has 2 rings (SSSR count). The minimum absolute atomic E-state index is 0.574. The number of anilines is 1. The van der Waals surface area contributed by atoms with Crippen molar-refractivity contribution in [2.45, 2.75) is 39.5 Å². The molecule has 108 valence electrons. The Balaban J connectivity index is 2.39. The predicted octanol–water partition coefficient (Wildman–Crippen LogP) is 3.56. The number of ether oxygens (including phenoxy) is 1. The summed E-state index contributed by atoms with van der Waals surface area (Å²) in [5, 5.41) is 2.75. The zero-order chi connectivity index (χ0) is 14.5. The zero-order valence-corrected chi connectivity index (χ0v) is 12.4. The zero-order valence-electron chi connectivity index (χ0n) is 12.4. The lowest BCUT2D eigenvalue weighted by Gasteiger charge is -2.14. The Morgan fingerprint density at radius 1 is 1.45 bits per heavy atom. The third-order valence-corrected chi connectivity index (χ3v) is 4.00. The van der Waals surface area contributed by atoms with E-state index in [1.165, 1.54) is 31.3 Å². The fourth-order valence-electron chi connectivity index (χ4n) is 2.88. The van der Waals surface area contributed by atoms with Crippen molar-refractivity contribution >= 4 is 18.2 Å². The van der Waals surface area contributed by atoms with Gasteiger partial charge in [-0.2, -0.15) is 0 Å². The molecule has 1 fully saturated rings. The van der Waals surface area contributed by atoms with Crippen molar-refractivity contribution in [3.05, 3.63) is 22.9 Å². The maximum atomic E-state index is 10.8. The first-order valence-electron chi connectivity index (χ1n) is 7.09. The number of pyridine rings is 1. The van der Waals surface area contributed by atoms with Crippen LogP contribution < -0.4 is 10.1 Å². The van der Waals surface area contributed by atoms with Crippen molar-refractivity contribution in [2.24, 2.45) is 5.92 Å². The van der Waals surface area contributed by atoms with Gasteiger partial charge in [0.05, 0.1) is 18.5 Å². The molecule has 0 atom stereocenters. The molecule has 0 aliphatic heterocycles. The van der Waals surface area contributed by atoms with Crippen molar-refractivity contribution in [3.8, 4) is 5.88 Å². The molecule has 0 radical (unpaired) electrons. The standard InChI is InChI=1S/C16H22N2O2/c1-11(13-6-4-5-7-13)8-14-9-15(20-3)18-12(2)16(14)17-10-19/h8-10,13H,4-7H2,1-3H3,(H,17,19)/b11-8+. The molecule has 1 N–H and O–H groups in total. The second-order valence-electron chi connectivity index (χ2n) is 5.35. The number of methoxy groups -OCH3 is 1. The van der Waals surface area contributed by atoms with Crippen LogP contribution in [0.15, 0.2) is 11.6 Å². The Morgan fingerprint density at radius 2 is 2.15 bits per heavy atom. The molecule has 1 aromatic heterocycles. The SMILES string of the molecule is COc1cc(/C=C(\C)C2CCCC2)c(NC=O)c(C)n1. The van der Waals surface area contributed by atoms with Gasteiger partial charge in [0.1, 0.15) is 0 Å². The van der Waals surface area contributed by atoms with E-state index in [-0.39, 0.29) is 0 Å². The minimum atomic E-state index is 0.574. The van der Waals surface area contributed by atoms with E-state index in [0.29, 0.717) is 18.2 Å². The molecule has 0 spiro atoms. The van der Waals surface area contributed by atoms with Crippen molar-refractivity contribution in [2.75, 3.05) is 12.4 Å². The molecule has 0 saturated heterocycles. The van der Waals surface area contributed by atoms with Crippen molar-refractivity contribution in [3.63, 3.8) is 0 Å². The van der Waals surface area contributed by atoms with Gasteiger partial charge in [0, 0.05) is 11.6 Å². The lowest BCUT2D eigenvalue weighted by Crippen LogP contribution is -2.03. The van der Waals surface area contributed by atoms with Crippen LogP contribution in [0.1, 0.15) is 43.9 Å². The molecule has 0 bridgehead atoms. The van der Waals surface area contributed by atoms with Crippen molar-refractivity contribution in [1.82, 2.24) is 4.98 Å². The van der Waals surface area contributed by atoms with E-state index in [1.807, 2.05) is 13.0 Å². The molecular weight excluding hydrogens is 252 g/mol. The molecule has 0 aromatic carbocycles. The Hall–Kier alpha value is -1.84. The molecule has 1 heterocycles. The maximum Gasteiger partial charge on any atom is 0.213 e. The van der Waals surface area contributed by atoms with E-state index in [0.717, 1.165) is 16.9 Å². The van der Waals surface area contributed by atoms with Gasteiger partial charge in [0.2, 0.25) is 12.3 Å². The highest BCUT2D eigenvalue weighted by atomic mass is 16.5. The highest BCUT2D eigenvalue weighted by Gasteiger charge is 2.17. The smallest absolute Gasteiger partial charge is 0.213 e. The summed E-state index contributed by atoms with van der Waals surface area (Å²) in [4.78, 5) is 15.1. The number of aryl methyl sites for hydroxylation is 1. The molecule has 1 aliphatic rings. The second-order valence-corrected chi connectivity index (χ2v) is 5.35. The van der Waals surface area contributed by atoms with Gasteiger partial charge in [0.25, 0.3) is 0 Å². The van der Waals surface area contributed by atoms with Gasteiger partial charge in [-0.05, 0) is 32.6 Å². The first-order chi connectivity index (χ1) is 9.65. The maximum absolute atomic E-state index is 10.8. The van der Waals surface area contributed by atoms with Gasteiger partial charge >= 0.3 is 0 Å². The highest BCUT2D eigenvalue weighted by molar-refractivity contribution is 5.80. The minimum Gasteiger partial charge on any atom is -0.481 e. The first-order valence-corrected chi connectivity index (χ1v) is 7.09. The van der Waals surface area contributed by atoms with Gasteiger partial charge in [0.15, 0.2) is 0 Å². The third kappa shape index (κ3) is 3.18. The lowest BCUT2D eigenvalue weighted by molar-refractivity contribution is -0.105. The molecule has 4 heteroatoms. The summed E-state index contributed by atoms with van der Waals surface area (Å²) in [5.41, 5.74) is 3.86. The van der Waals surface area contributed by atoms with Gasteiger partial charge in [-0.25, -0.2) is 4.98 Å². The Morgan fingerprint density at radius 3 is 2.75 bits per heavy atom. The number of hydrogen-bond acceptors (Lipinski definition) is 3. The van der Waals surface area contributed by atoms with Crippen molar-refractivity contribution < 1.29 is 9.53 Å². The van der Waals surface area contributed by atoms with Gasteiger partial charge < -0.3 is 10.1 Å². The largest absolute Gasteiger partial charge is 0.481 e. The monoisotopic (exact) mass is 274 g/mol. The van der Waals surface area contributed by atoms with E-state index in [2.05, 4.69) is 23.3 Å². The van der Waals surface area contributed by atoms with Gasteiger partial charge in [-0.15, -0.1) is 0 Å². The molecular formula is C16H22N2O2. The summed E-state index contributed by atoms with van der Waals surface area (Å²) < 4.78 is 5.22. The van der Waals surface area contributed by atoms with E-state index < -0.39 is 0 Å². The Bertz CT molecular complexity index is 517. The fraction of sp³-hybridized carbons (Fsp3) is 0.500. The van der Waals surface area contributed by atoms with Crippen LogP contribution in [0.3, 0.4) is 0 Å². The number of carbonyl (C=O) groups is 1. The van der Waals surface area contributed by atoms with Crippen LogP contribution in [0.25, 0.3) is 6.08 Å². The summed E-state index contributed by atoms with van der Waals surface area (Å²) in [6.45, 7) is 4.04. The highest BCUT2D eigenvalue weighted by Crippen LogP contribution is 2.33. The predicted molar refractivity (Wildman–Crippen MR) is 80.8 cm³/mol. The van der Waals surface area contributed by atoms with Gasteiger partial charge in [-0.3, -0.25) is 4.79 Å². The summed E-state index contributed by atoms with van der Waals surface area (Å²) >= 11 is 0. The number of aromatic nitrogens is 1. The molecule has 4 nitrogen and oxygen atoms in total. The van der Waals surface area contributed by atoms with Crippen LogP contribution in [0, 0.1) is 12.8 Å². The summed E-state index contributed by atoms with van der Waals surface area (Å²) in [6, 6.07) is 1.87. The Labute approximate surface area is 120 Å². The number of amides is 1. The molecule has 0 unspecified atom stereocenters. The normalized spacial score (nSPS) is 16.2. The van der Waals surface area contributed by atoms with Crippen LogP contribution >= 0.6 is 0 Å². The third-order valence-electron chi connectivity index (χ3n) is 4.00. The van der Waals surface area contributed by atoms with Crippen LogP contribution in [-0.2, 0) is 4.79 Å². The van der Waals surface area contributed by atoms with Crippen LogP contribution in [0.2, 0.25) is 0 Å². The summed E-state index contributed by atoms with van der Waals surface area (Å²) in [7, 11) is 1.60. The molecule has 1 aliphatic carbocycles. The van der Waals surface area contributed by atoms with Crippen LogP contribution in [-0.4, -0.2) is 18.5 Å². The molecule has 1 aromatic rings. The van der Waals surface area contributed by atoms with Crippen LogP contribution in [0.5, 0.6) is 5.88 Å². The van der Waals surface area contributed by atoms with Gasteiger partial charge in [-0.1, -0.05) is 24.5 Å². The average Bonchev–Trinajstić information content (AvgIpc) is 2.96. The van der Waals surface area contributed by atoms with E-state index in [9.17, 15) is 4.79 Å². The summed E-state index contributed by atoms with van der Waals surface area (Å²) in [5.74, 6) is 1.24. The quantitative estimate of drug-likeness (QED) is 0.835. The second kappa shape index (κ2) is 6.55. The number of nitrogens with one attached hydrogen (secondary N) is 1. The summed E-state index contributed by atoms with van der Waals surface area (Å²) in [6.07, 6.45) is 8.00. The Kier molecular flexibility index (Phi) is 4.77. The van der Waals surface area contributed by atoms with E-state index in [4.69, 9.17) is 4.74 Å². The van der Waals surface area contributed by atoms with E-state index >= 15 is 0 Å². The number of hydrogen-bond donors (Lipinski definition) is 1. The molecule has 20 heavy (non-hydrogen) atoms. The van der Waals surface area contributed by atoms with Crippen molar-refractivity contribution in [1.29, 1.82) is 0 Å². The number of allylic oxidation sites excluding steroid dienone is 1. The topological polar surface area (TPSA) is 51.2 Å². The number of nitrogens with zero attached hydrogens (tertiary/aromatic N) is 1. The molecule has 1 saturated carbocycles. The van der Waals surface area contributed by atoms with Crippen LogP contribution in [0.4, 0.5) is 5.69 Å². The van der Waals surface area contributed by atoms with E-state index in [1.54, 1.807) is 7.11 Å². The number of rotatable bonds is 5. The average molecular weight is 274 g/mol. The number of carbonyl (C=O) groups excluding carboxylic acids is 1. The fourth-order valence-corrected chi connectivity index (χ4v) is 2.88.